The van der Waals surface area contributed by atoms with Crippen molar-refractivity contribution < 1.29 is 17.9 Å². The largest absolute Gasteiger partial charge is 0.491 e. The fraction of sp³-hybridized carbons (Fsp3) is 0.316. The highest BCUT2D eigenvalue weighted by molar-refractivity contribution is 7.92. The molecule has 6 nitrogen and oxygen atoms in total. The zero-order valence-electron chi connectivity index (χ0n) is 15.2. The fourth-order valence-corrected chi connectivity index (χ4v) is 3.06. The monoisotopic (exact) mass is 376 g/mol. The average molecular weight is 376 g/mol. The Morgan fingerprint density at radius 1 is 1.08 bits per heavy atom. The Balaban J connectivity index is 1.94. The predicted molar refractivity (Wildman–Crippen MR) is 103 cm³/mol. The Labute approximate surface area is 154 Å². The predicted octanol–water partition coefficient (Wildman–Crippen LogP) is 2.99. The highest BCUT2D eigenvalue weighted by Crippen LogP contribution is 2.25. The van der Waals surface area contributed by atoms with Gasteiger partial charge < -0.3 is 10.1 Å². The number of carbonyl (C=O) groups excluding carboxylic acids is 1. The average Bonchev–Trinajstić information content (AvgIpc) is 2.58. The molecule has 0 aliphatic rings. The number of carbonyl (C=O) groups is 1. The van der Waals surface area contributed by atoms with Crippen molar-refractivity contribution in [3.8, 4) is 5.75 Å². The quantitative estimate of drug-likeness (QED) is 0.694. The normalized spacial score (nSPS) is 11.2. The SMILES string of the molecule is CC(C)c1ccccc1OCCNC(=O)c1ccccc1NS(C)(=O)=O. The van der Waals surface area contributed by atoms with E-state index in [4.69, 9.17) is 4.74 Å². The van der Waals surface area contributed by atoms with E-state index < -0.39 is 10.0 Å². The Kier molecular flexibility index (Phi) is 6.63. The Hall–Kier alpha value is -2.54. The van der Waals surface area contributed by atoms with Gasteiger partial charge in [-0.1, -0.05) is 44.2 Å². The number of hydrogen-bond donors (Lipinski definition) is 2. The number of nitrogens with one attached hydrogen (secondary N) is 2. The number of sulfonamides is 1. The standard InChI is InChI=1S/C19H24N2O4S/c1-14(2)15-8-5-7-11-18(15)25-13-12-20-19(22)16-9-4-6-10-17(16)21-26(3,23)24/h4-11,14,21H,12-13H2,1-3H3,(H,20,22). The van der Waals surface area contributed by atoms with E-state index in [0.717, 1.165) is 17.6 Å². The van der Waals surface area contributed by atoms with Crippen LogP contribution in [0.1, 0.15) is 35.7 Å². The molecule has 0 unspecified atom stereocenters. The second-order valence-corrected chi connectivity index (χ2v) is 7.97. The van der Waals surface area contributed by atoms with Crippen LogP contribution in [-0.2, 0) is 10.0 Å². The molecule has 26 heavy (non-hydrogen) atoms. The first-order valence-electron chi connectivity index (χ1n) is 8.34. The number of benzene rings is 2. The molecular weight excluding hydrogens is 352 g/mol. The molecule has 0 spiro atoms. The highest BCUT2D eigenvalue weighted by atomic mass is 32.2. The van der Waals surface area contributed by atoms with Crippen molar-refractivity contribution in [1.29, 1.82) is 0 Å². The van der Waals surface area contributed by atoms with Gasteiger partial charge in [-0.15, -0.1) is 0 Å². The minimum atomic E-state index is -3.46. The van der Waals surface area contributed by atoms with Gasteiger partial charge in [0.15, 0.2) is 0 Å². The molecule has 0 saturated carbocycles. The van der Waals surface area contributed by atoms with Crippen molar-refractivity contribution in [2.24, 2.45) is 0 Å². The smallest absolute Gasteiger partial charge is 0.253 e. The lowest BCUT2D eigenvalue weighted by atomic mass is 10.0. The van der Waals surface area contributed by atoms with Gasteiger partial charge in [0.25, 0.3) is 5.91 Å². The summed E-state index contributed by atoms with van der Waals surface area (Å²) in [5, 5.41) is 2.75. The van der Waals surface area contributed by atoms with Crippen LogP contribution in [0.3, 0.4) is 0 Å². The number of anilines is 1. The third-order valence-electron chi connectivity index (χ3n) is 3.65. The van der Waals surface area contributed by atoms with Crippen LogP contribution in [0.25, 0.3) is 0 Å². The van der Waals surface area contributed by atoms with Gasteiger partial charge in [-0.3, -0.25) is 9.52 Å². The van der Waals surface area contributed by atoms with E-state index in [0.29, 0.717) is 19.1 Å². The van der Waals surface area contributed by atoms with Crippen LogP contribution in [0, 0.1) is 0 Å². The zero-order valence-corrected chi connectivity index (χ0v) is 16.0. The van der Waals surface area contributed by atoms with E-state index in [2.05, 4.69) is 23.9 Å². The summed E-state index contributed by atoms with van der Waals surface area (Å²) in [4.78, 5) is 12.3. The molecule has 140 valence electrons. The molecule has 0 aromatic heterocycles. The molecule has 1 amide bonds. The van der Waals surface area contributed by atoms with Crippen LogP contribution in [0.5, 0.6) is 5.75 Å². The number of amides is 1. The Morgan fingerprint density at radius 3 is 2.42 bits per heavy atom. The molecule has 2 aromatic carbocycles. The van der Waals surface area contributed by atoms with E-state index in [1.165, 1.54) is 0 Å². The summed E-state index contributed by atoms with van der Waals surface area (Å²) in [6, 6.07) is 14.3. The molecule has 0 saturated heterocycles. The third-order valence-corrected chi connectivity index (χ3v) is 4.24. The molecule has 0 radical (unpaired) electrons. The summed E-state index contributed by atoms with van der Waals surface area (Å²) < 4.78 is 30.9. The topological polar surface area (TPSA) is 84.5 Å². The zero-order chi connectivity index (χ0) is 19.2. The van der Waals surface area contributed by atoms with Gasteiger partial charge >= 0.3 is 0 Å². The van der Waals surface area contributed by atoms with Crippen LogP contribution < -0.4 is 14.8 Å². The molecule has 0 aliphatic heterocycles. The molecule has 0 bridgehead atoms. The highest BCUT2D eigenvalue weighted by Gasteiger charge is 2.13. The van der Waals surface area contributed by atoms with Gasteiger partial charge in [-0.2, -0.15) is 0 Å². The Bertz CT molecular complexity index is 863. The third kappa shape index (κ3) is 5.77. The van der Waals surface area contributed by atoms with Gasteiger partial charge in [-0.25, -0.2) is 8.42 Å². The van der Waals surface area contributed by atoms with Crippen molar-refractivity contribution in [2.75, 3.05) is 24.1 Å². The summed E-state index contributed by atoms with van der Waals surface area (Å²) in [5.41, 5.74) is 1.63. The van der Waals surface area contributed by atoms with Crippen LogP contribution in [0.15, 0.2) is 48.5 Å². The van der Waals surface area contributed by atoms with Crippen LogP contribution in [-0.4, -0.2) is 33.7 Å². The van der Waals surface area contributed by atoms with E-state index in [1.54, 1.807) is 24.3 Å². The van der Waals surface area contributed by atoms with E-state index in [1.807, 2.05) is 24.3 Å². The minimum Gasteiger partial charge on any atom is -0.491 e. The van der Waals surface area contributed by atoms with Crippen molar-refractivity contribution in [1.82, 2.24) is 5.32 Å². The summed E-state index contributed by atoms with van der Waals surface area (Å²) in [6.45, 7) is 4.81. The van der Waals surface area contributed by atoms with Gasteiger partial charge in [-0.05, 0) is 29.7 Å². The number of para-hydroxylation sites is 2. The van der Waals surface area contributed by atoms with Gasteiger partial charge in [0, 0.05) is 0 Å². The summed E-state index contributed by atoms with van der Waals surface area (Å²) in [5.74, 6) is 0.781. The summed E-state index contributed by atoms with van der Waals surface area (Å²) in [6.07, 6.45) is 1.04. The molecule has 0 aliphatic carbocycles. The lowest BCUT2D eigenvalue weighted by Gasteiger charge is -2.14. The first kappa shape index (κ1) is 19.8. The molecular formula is C19H24N2O4S. The van der Waals surface area contributed by atoms with Crippen molar-refractivity contribution in [2.45, 2.75) is 19.8 Å². The maximum atomic E-state index is 12.3. The van der Waals surface area contributed by atoms with E-state index in [9.17, 15) is 13.2 Å². The lowest BCUT2D eigenvalue weighted by Crippen LogP contribution is -2.29. The summed E-state index contributed by atoms with van der Waals surface area (Å²) >= 11 is 0. The molecule has 2 N–H and O–H groups in total. The Morgan fingerprint density at radius 2 is 1.73 bits per heavy atom. The number of hydrogen-bond acceptors (Lipinski definition) is 4. The second kappa shape index (κ2) is 8.71. The second-order valence-electron chi connectivity index (χ2n) is 6.22. The van der Waals surface area contributed by atoms with Crippen LogP contribution >= 0.6 is 0 Å². The first-order valence-corrected chi connectivity index (χ1v) is 10.2. The summed E-state index contributed by atoms with van der Waals surface area (Å²) in [7, 11) is -3.46. The number of rotatable bonds is 8. The van der Waals surface area contributed by atoms with Crippen molar-refractivity contribution in [3.05, 3.63) is 59.7 Å². The van der Waals surface area contributed by atoms with Gasteiger partial charge in [0.05, 0.1) is 24.1 Å². The fourth-order valence-electron chi connectivity index (χ4n) is 2.48. The molecule has 2 rings (SSSR count). The minimum absolute atomic E-state index is 0.249. The molecule has 0 fully saturated rings. The maximum absolute atomic E-state index is 12.3. The lowest BCUT2D eigenvalue weighted by molar-refractivity contribution is 0.0948. The van der Waals surface area contributed by atoms with E-state index in [-0.39, 0.29) is 17.2 Å². The van der Waals surface area contributed by atoms with Crippen LogP contribution in [0.4, 0.5) is 5.69 Å². The maximum Gasteiger partial charge on any atom is 0.253 e. The molecule has 7 heteroatoms. The van der Waals surface area contributed by atoms with Gasteiger partial charge in [0.1, 0.15) is 12.4 Å². The van der Waals surface area contributed by atoms with Gasteiger partial charge in [0.2, 0.25) is 10.0 Å². The van der Waals surface area contributed by atoms with Crippen molar-refractivity contribution >= 4 is 21.6 Å². The number of ether oxygens (including phenoxy) is 1. The van der Waals surface area contributed by atoms with Crippen LogP contribution in [0.2, 0.25) is 0 Å². The molecule has 2 aromatic rings. The van der Waals surface area contributed by atoms with Crippen molar-refractivity contribution in [3.63, 3.8) is 0 Å². The molecule has 0 heterocycles. The first-order chi connectivity index (χ1) is 12.3. The van der Waals surface area contributed by atoms with E-state index >= 15 is 0 Å². The molecule has 0 atom stereocenters.